The van der Waals surface area contributed by atoms with Gasteiger partial charge >= 0.3 is 0 Å². The van der Waals surface area contributed by atoms with Gasteiger partial charge in [-0.25, -0.2) is 4.98 Å². The Morgan fingerprint density at radius 2 is 1.73 bits per heavy atom. The highest BCUT2D eigenvalue weighted by Crippen LogP contribution is 2.27. The summed E-state index contributed by atoms with van der Waals surface area (Å²) >= 11 is 2.07. The van der Waals surface area contributed by atoms with Crippen molar-refractivity contribution in [2.24, 2.45) is 5.92 Å². The van der Waals surface area contributed by atoms with E-state index in [1.165, 1.54) is 24.3 Å². The Morgan fingerprint density at radius 1 is 1.00 bits per heavy atom. The number of benzene rings is 2. The fraction of sp³-hybridized carbons (Fsp3) is 0.417. The van der Waals surface area contributed by atoms with Crippen LogP contribution in [0.4, 0.5) is 5.69 Å². The smallest absolute Gasteiger partial charge is 0.227 e. The first-order chi connectivity index (χ1) is 14.8. The van der Waals surface area contributed by atoms with E-state index in [1.807, 2.05) is 48.5 Å². The molecule has 30 heavy (non-hydrogen) atoms. The lowest BCUT2D eigenvalue weighted by molar-refractivity contribution is -0.121. The SMILES string of the molecule is O=C(Nc1ccc(-c2nc3ccccc3[nH]2)cc1)C1CCN(C2CCSCC2)CC1. The molecule has 3 heterocycles. The van der Waals surface area contributed by atoms with E-state index in [-0.39, 0.29) is 11.8 Å². The number of carbonyl (C=O) groups is 1. The van der Waals surface area contributed by atoms with Crippen LogP contribution >= 0.6 is 11.8 Å². The summed E-state index contributed by atoms with van der Waals surface area (Å²) in [5, 5.41) is 3.12. The predicted octanol–water partition coefficient (Wildman–Crippen LogP) is 4.78. The molecule has 2 aromatic carbocycles. The second-order valence-corrected chi connectivity index (χ2v) is 9.55. The molecule has 2 aliphatic heterocycles. The Balaban J connectivity index is 1.17. The molecule has 1 amide bonds. The fourth-order valence-corrected chi connectivity index (χ4v) is 5.70. The molecule has 0 aliphatic carbocycles. The maximum atomic E-state index is 12.8. The minimum absolute atomic E-state index is 0.120. The van der Waals surface area contributed by atoms with Gasteiger partial charge in [0.1, 0.15) is 5.82 Å². The second-order valence-electron chi connectivity index (χ2n) is 8.32. The first kappa shape index (κ1) is 19.6. The zero-order valence-electron chi connectivity index (χ0n) is 17.1. The third kappa shape index (κ3) is 4.25. The number of likely N-dealkylation sites (tertiary alicyclic amines) is 1. The lowest BCUT2D eigenvalue weighted by Gasteiger charge is -2.38. The number of nitrogens with zero attached hydrogens (tertiary/aromatic N) is 2. The van der Waals surface area contributed by atoms with Gasteiger partial charge in [0.15, 0.2) is 0 Å². The maximum absolute atomic E-state index is 12.8. The van der Waals surface area contributed by atoms with Gasteiger partial charge in [-0.05, 0) is 86.7 Å². The topological polar surface area (TPSA) is 61.0 Å². The number of para-hydroxylation sites is 2. The number of carbonyl (C=O) groups excluding carboxylic acids is 1. The Morgan fingerprint density at radius 3 is 2.47 bits per heavy atom. The van der Waals surface area contributed by atoms with Crippen molar-refractivity contribution >= 4 is 34.4 Å². The molecule has 0 radical (unpaired) electrons. The molecule has 3 aromatic rings. The number of thioether (sulfide) groups is 1. The van der Waals surface area contributed by atoms with E-state index in [0.29, 0.717) is 0 Å². The summed E-state index contributed by atoms with van der Waals surface area (Å²) in [5.41, 5.74) is 3.86. The normalized spacial score (nSPS) is 19.2. The standard InChI is InChI=1S/C24H28N4OS/c29-24(18-9-13-28(14-10-18)20-11-15-30-16-12-20)25-19-7-5-17(6-8-19)23-26-21-3-1-2-4-22(21)27-23/h1-8,18,20H,9-16H2,(H,25,29)(H,26,27). The quantitative estimate of drug-likeness (QED) is 0.638. The van der Waals surface area contributed by atoms with Crippen molar-refractivity contribution in [3.63, 3.8) is 0 Å². The summed E-state index contributed by atoms with van der Waals surface area (Å²) in [6, 6.07) is 16.7. The number of hydrogen-bond acceptors (Lipinski definition) is 4. The first-order valence-electron chi connectivity index (χ1n) is 10.9. The number of rotatable bonds is 4. The molecule has 1 aromatic heterocycles. The van der Waals surface area contributed by atoms with E-state index in [0.717, 1.165) is 60.1 Å². The van der Waals surface area contributed by atoms with Gasteiger partial charge in [0.05, 0.1) is 11.0 Å². The molecule has 6 heteroatoms. The van der Waals surface area contributed by atoms with Crippen LogP contribution in [0, 0.1) is 5.92 Å². The van der Waals surface area contributed by atoms with Crippen LogP contribution in [0.2, 0.25) is 0 Å². The minimum Gasteiger partial charge on any atom is -0.338 e. The summed E-state index contributed by atoms with van der Waals surface area (Å²) in [6.45, 7) is 2.11. The van der Waals surface area contributed by atoms with Crippen molar-refractivity contribution in [1.29, 1.82) is 0 Å². The number of piperidine rings is 1. The van der Waals surface area contributed by atoms with E-state index in [2.05, 4.69) is 31.9 Å². The van der Waals surface area contributed by atoms with Crippen molar-refractivity contribution in [2.75, 3.05) is 29.9 Å². The van der Waals surface area contributed by atoms with Crippen molar-refractivity contribution in [3.8, 4) is 11.4 Å². The Labute approximate surface area is 181 Å². The van der Waals surface area contributed by atoms with E-state index in [4.69, 9.17) is 0 Å². The number of hydrogen-bond donors (Lipinski definition) is 2. The molecule has 0 atom stereocenters. The zero-order chi connectivity index (χ0) is 20.3. The van der Waals surface area contributed by atoms with Gasteiger partial charge < -0.3 is 15.2 Å². The van der Waals surface area contributed by atoms with Gasteiger partial charge in [0.25, 0.3) is 0 Å². The van der Waals surface area contributed by atoms with E-state index >= 15 is 0 Å². The first-order valence-corrected chi connectivity index (χ1v) is 12.1. The van der Waals surface area contributed by atoms with Crippen LogP contribution in [0.1, 0.15) is 25.7 Å². The number of nitrogens with one attached hydrogen (secondary N) is 2. The highest BCUT2D eigenvalue weighted by molar-refractivity contribution is 7.99. The third-order valence-electron chi connectivity index (χ3n) is 6.42. The third-order valence-corrected chi connectivity index (χ3v) is 7.47. The van der Waals surface area contributed by atoms with Crippen LogP contribution in [-0.4, -0.2) is 51.4 Å². The number of anilines is 1. The van der Waals surface area contributed by atoms with Gasteiger partial charge in [-0.2, -0.15) is 11.8 Å². The largest absolute Gasteiger partial charge is 0.338 e. The molecule has 5 nitrogen and oxygen atoms in total. The molecule has 0 bridgehead atoms. The monoisotopic (exact) mass is 420 g/mol. The van der Waals surface area contributed by atoms with Gasteiger partial charge in [0, 0.05) is 23.2 Å². The van der Waals surface area contributed by atoms with Crippen LogP contribution < -0.4 is 5.32 Å². The van der Waals surface area contributed by atoms with E-state index < -0.39 is 0 Å². The van der Waals surface area contributed by atoms with Gasteiger partial charge in [-0.3, -0.25) is 4.79 Å². The molecule has 2 saturated heterocycles. The number of aromatic amines is 1. The molecule has 2 aliphatic rings. The predicted molar refractivity (Wildman–Crippen MR) is 125 cm³/mol. The van der Waals surface area contributed by atoms with Gasteiger partial charge in [0.2, 0.25) is 5.91 Å². The maximum Gasteiger partial charge on any atom is 0.227 e. The van der Waals surface area contributed by atoms with Crippen molar-refractivity contribution in [1.82, 2.24) is 14.9 Å². The Hall–Kier alpha value is -2.31. The molecule has 0 spiro atoms. The van der Waals surface area contributed by atoms with E-state index in [1.54, 1.807) is 0 Å². The number of fused-ring (bicyclic) bond motifs is 1. The van der Waals surface area contributed by atoms with Crippen molar-refractivity contribution in [2.45, 2.75) is 31.7 Å². The van der Waals surface area contributed by atoms with Gasteiger partial charge in [-0.15, -0.1) is 0 Å². The average molecular weight is 421 g/mol. The van der Waals surface area contributed by atoms with Crippen LogP contribution in [0.3, 0.4) is 0 Å². The minimum atomic E-state index is 0.120. The summed E-state index contributed by atoms with van der Waals surface area (Å²) in [5.74, 6) is 3.70. The van der Waals surface area contributed by atoms with Crippen LogP contribution in [0.5, 0.6) is 0 Å². The Kier molecular flexibility index (Phi) is 5.77. The number of imidazole rings is 1. The summed E-state index contributed by atoms with van der Waals surface area (Å²) in [6.07, 6.45) is 4.54. The van der Waals surface area contributed by atoms with Crippen molar-refractivity contribution in [3.05, 3.63) is 48.5 Å². The average Bonchev–Trinajstić information content (AvgIpc) is 3.25. The number of aromatic nitrogens is 2. The molecular weight excluding hydrogens is 392 g/mol. The van der Waals surface area contributed by atoms with Crippen LogP contribution in [0.15, 0.2) is 48.5 Å². The summed E-state index contributed by atoms with van der Waals surface area (Å²) < 4.78 is 0. The van der Waals surface area contributed by atoms with Crippen LogP contribution in [0.25, 0.3) is 22.4 Å². The molecule has 2 N–H and O–H groups in total. The van der Waals surface area contributed by atoms with Crippen molar-refractivity contribution < 1.29 is 4.79 Å². The van der Waals surface area contributed by atoms with E-state index in [9.17, 15) is 4.79 Å². The lowest BCUT2D eigenvalue weighted by atomic mass is 9.94. The molecular formula is C24H28N4OS. The van der Waals surface area contributed by atoms with Crippen LogP contribution in [-0.2, 0) is 4.79 Å². The number of H-pyrrole nitrogens is 1. The molecule has 2 fully saturated rings. The highest BCUT2D eigenvalue weighted by Gasteiger charge is 2.29. The second kappa shape index (κ2) is 8.82. The molecule has 0 unspecified atom stereocenters. The fourth-order valence-electron chi connectivity index (χ4n) is 4.62. The molecule has 0 saturated carbocycles. The summed E-state index contributed by atoms with van der Waals surface area (Å²) in [4.78, 5) is 23.4. The Bertz CT molecular complexity index is 968. The summed E-state index contributed by atoms with van der Waals surface area (Å²) in [7, 11) is 0. The number of amides is 1. The molecule has 5 rings (SSSR count). The zero-order valence-corrected chi connectivity index (χ0v) is 18.0. The van der Waals surface area contributed by atoms with Gasteiger partial charge in [-0.1, -0.05) is 12.1 Å². The highest BCUT2D eigenvalue weighted by atomic mass is 32.2. The lowest BCUT2D eigenvalue weighted by Crippen LogP contribution is -2.45. The molecule has 156 valence electrons.